The lowest BCUT2D eigenvalue weighted by molar-refractivity contribution is -0.0666. The Morgan fingerprint density at radius 3 is 2.26 bits per heavy atom. The molecule has 2 atom stereocenters. The molecule has 1 nitrogen and oxygen atoms in total. The fraction of sp³-hybridized carbons (Fsp3) is 0.647. The van der Waals surface area contributed by atoms with Crippen molar-refractivity contribution in [2.45, 2.75) is 43.9 Å². The number of rotatable bonds is 2. The molecule has 0 aromatic heterocycles. The third kappa shape index (κ3) is 1.78. The van der Waals surface area contributed by atoms with Gasteiger partial charge in [-0.15, -0.1) is 0 Å². The summed E-state index contributed by atoms with van der Waals surface area (Å²) in [5, 5.41) is 0.849. The van der Waals surface area contributed by atoms with E-state index in [2.05, 4.69) is 24.3 Å². The summed E-state index contributed by atoms with van der Waals surface area (Å²) in [6.07, 6.45) is 8.30. The van der Waals surface area contributed by atoms with Crippen LogP contribution in [0.25, 0.3) is 0 Å². The van der Waals surface area contributed by atoms with Gasteiger partial charge in [0.15, 0.2) is 0 Å². The third-order valence-electron chi connectivity index (χ3n) is 6.07. The number of hydrogen-bond donors (Lipinski definition) is 1. The van der Waals surface area contributed by atoms with Crippen LogP contribution in [0.4, 0.5) is 0 Å². The maximum absolute atomic E-state index is 6.17. The molecule has 4 saturated carbocycles. The first-order valence-electron chi connectivity index (χ1n) is 7.59. The molecule has 4 aliphatic rings. The molecule has 5 rings (SSSR count). The van der Waals surface area contributed by atoms with E-state index in [9.17, 15) is 0 Å². The summed E-state index contributed by atoms with van der Waals surface area (Å²) in [6, 6.07) is 8.65. The van der Waals surface area contributed by atoms with E-state index in [1.165, 1.54) is 44.1 Å². The molecule has 4 bridgehead atoms. The van der Waals surface area contributed by atoms with Crippen LogP contribution in [0.2, 0.25) is 5.02 Å². The molecule has 4 fully saturated rings. The van der Waals surface area contributed by atoms with Gasteiger partial charge in [0.2, 0.25) is 0 Å². The minimum absolute atomic E-state index is 0.411. The molecule has 4 aliphatic carbocycles. The summed E-state index contributed by atoms with van der Waals surface area (Å²) in [6.45, 7) is 0.884. The lowest BCUT2D eigenvalue weighted by Crippen LogP contribution is -2.56. The van der Waals surface area contributed by atoms with E-state index in [1.54, 1.807) is 0 Å². The van der Waals surface area contributed by atoms with Crippen LogP contribution in [0.3, 0.4) is 0 Å². The van der Waals surface area contributed by atoms with Crippen molar-refractivity contribution < 1.29 is 0 Å². The highest BCUT2D eigenvalue weighted by molar-refractivity contribution is 6.30. The minimum atomic E-state index is 0.411. The number of halogens is 1. The zero-order valence-electron chi connectivity index (χ0n) is 11.4. The van der Waals surface area contributed by atoms with Crippen LogP contribution in [-0.4, -0.2) is 6.54 Å². The molecule has 1 aromatic rings. The molecule has 0 spiro atoms. The van der Waals surface area contributed by atoms with Gasteiger partial charge in [-0.3, -0.25) is 0 Å². The smallest absolute Gasteiger partial charge is 0.0406 e. The van der Waals surface area contributed by atoms with E-state index in [0.717, 1.165) is 23.4 Å². The molecule has 0 aliphatic heterocycles. The summed E-state index contributed by atoms with van der Waals surface area (Å²) in [4.78, 5) is 0. The average Bonchev–Trinajstić information content (AvgIpc) is 2.38. The molecular weight excluding hydrogens is 254 g/mol. The van der Waals surface area contributed by atoms with Crippen LogP contribution in [0.5, 0.6) is 0 Å². The monoisotopic (exact) mass is 275 g/mol. The average molecular weight is 276 g/mol. The zero-order valence-corrected chi connectivity index (χ0v) is 12.1. The van der Waals surface area contributed by atoms with Crippen molar-refractivity contribution in [2.75, 3.05) is 6.54 Å². The van der Waals surface area contributed by atoms with Gasteiger partial charge in [-0.1, -0.05) is 23.7 Å². The molecule has 2 N–H and O–H groups in total. The van der Waals surface area contributed by atoms with E-state index >= 15 is 0 Å². The van der Waals surface area contributed by atoms with Gasteiger partial charge in [-0.2, -0.15) is 0 Å². The van der Waals surface area contributed by atoms with Crippen LogP contribution < -0.4 is 5.73 Å². The SMILES string of the molecule is NCC12C[C@@H]3C[C@@H](C1)CC(c1ccc(Cl)cc1)(C3)C2. The Labute approximate surface area is 120 Å². The molecule has 0 unspecified atom stereocenters. The number of hydrogen-bond acceptors (Lipinski definition) is 1. The van der Waals surface area contributed by atoms with Gasteiger partial charge in [0.05, 0.1) is 0 Å². The fourth-order valence-corrected chi connectivity index (χ4v) is 5.96. The minimum Gasteiger partial charge on any atom is -0.330 e. The largest absolute Gasteiger partial charge is 0.330 e. The van der Waals surface area contributed by atoms with Crippen LogP contribution in [0, 0.1) is 17.3 Å². The first kappa shape index (κ1) is 12.2. The van der Waals surface area contributed by atoms with Crippen molar-refractivity contribution in [3.63, 3.8) is 0 Å². The van der Waals surface area contributed by atoms with Gasteiger partial charge < -0.3 is 5.73 Å². The third-order valence-corrected chi connectivity index (χ3v) is 6.32. The van der Waals surface area contributed by atoms with Crippen LogP contribution in [-0.2, 0) is 5.41 Å². The van der Waals surface area contributed by atoms with Gasteiger partial charge in [0, 0.05) is 5.02 Å². The lowest BCUT2D eigenvalue weighted by atomic mass is 9.43. The quantitative estimate of drug-likeness (QED) is 0.863. The molecular formula is C17H22ClN. The van der Waals surface area contributed by atoms with Crippen LogP contribution >= 0.6 is 11.6 Å². The summed E-state index contributed by atoms with van der Waals surface area (Å²) in [5.41, 5.74) is 8.54. The maximum atomic E-state index is 6.17. The van der Waals surface area contributed by atoms with E-state index in [-0.39, 0.29) is 0 Å². The Morgan fingerprint density at radius 2 is 1.68 bits per heavy atom. The Hall–Kier alpha value is -0.530. The van der Waals surface area contributed by atoms with Crippen molar-refractivity contribution in [1.82, 2.24) is 0 Å². The summed E-state index contributed by atoms with van der Waals surface area (Å²) >= 11 is 6.05. The van der Waals surface area contributed by atoms with Gasteiger partial charge in [-0.25, -0.2) is 0 Å². The lowest BCUT2D eigenvalue weighted by Gasteiger charge is -2.62. The zero-order chi connectivity index (χ0) is 13.1. The number of benzene rings is 1. The standard InChI is InChI=1S/C17H22ClN/c18-15-3-1-14(2-4-15)17-8-12-5-13(9-17)7-16(6-12,10-17)11-19/h1-4,12-13H,5-11,19H2/t12-,13-,16?,17?/m0/s1. The molecule has 1 aromatic carbocycles. The van der Waals surface area contributed by atoms with Crippen molar-refractivity contribution in [1.29, 1.82) is 0 Å². The van der Waals surface area contributed by atoms with Crippen LogP contribution in [0.15, 0.2) is 24.3 Å². The van der Waals surface area contributed by atoms with Crippen molar-refractivity contribution in [3.8, 4) is 0 Å². The van der Waals surface area contributed by atoms with E-state index in [4.69, 9.17) is 17.3 Å². The predicted octanol–water partition coefficient (Wildman–Crippen LogP) is 4.14. The Morgan fingerprint density at radius 1 is 1.05 bits per heavy atom. The highest BCUT2D eigenvalue weighted by Crippen LogP contribution is 2.65. The van der Waals surface area contributed by atoms with Crippen molar-refractivity contribution >= 4 is 11.6 Å². The Bertz CT molecular complexity index is 478. The number of nitrogens with two attached hydrogens (primary N) is 1. The summed E-state index contributed by atoms with van der Waals surface area (Å²) in [7, 11) is 0. The molecule has 0 saturated heterocycles. The van der Waals surface area contributed by atoms with Crippen molar-refractivity contribution in [3.05, 3.63) is 34.9 Å². The van der Waals surface area contributed by atoms with Gasteiger partial charge >= 0.3 is 0 Å². The molecule has 0 amide bonds. The Balaban J connectivity index is 1.76. The normalized spacial score (nSPS) is 43.7. The second kappa shape index (κ2) is 3.99. The maximum Gasteiger partial charge on any atom is 0.0406 e. The second-order valence-electron chi connectivity index (χ2n) is 7.45. The van der Waals surface area contributed by atoms with E-state index < -0.39 is 0 Å². The van der Waals surface area contributed by atoms with Crippen molar-refractivity contribution in [2.24, 2.45) is 23.0 Å². The first-order chi connectivity index (χ1) is 9.13. The second-order valence-corrected chi connectivity index (χ2v) is 7.89. The highest BCUT2D eigenvalue weighted by Gasteiger charge is 2.57. The summed E-state index contributed by atoms with van der Waals surface area (Å²) < 4.78 is 0. The highest BCUT2D eigenvalue weighted by atomic mass is 35.5. The molecule has 0 heterocycles. The Kier molecular flexibility index (Phi) is 2.57. The molecule has 19 heavy (non-hydrogen) atoms. The molecule has 2 heteroatoms. The first-order valence-corrected chi connectivity index (χ1v) is 7.97. The fourth-order valence-electron chi connectivity index (χ4n) is 5.83. The van der Waals surface area contributed by atoms with Gasteiger partial charge in [0.25, 0.3) is 0 Å². The van der Waals surface area contributed by atoms with Gasteiger partial charge in [0.1, 0.15) is 0 Å². The topological polar surface area (TPSA) is 26.0 Å². The van der Waals surface area contributed by atoms with E-state index in [1.807, 2.05) is 0 Å². The molecule has 102 valence electrons. The summed E-state index contributed by atoms with van der Waals surface area (Å²) in [5.74, 6) is 1.83. The molecule has 0 radical (unpaired) electrons. The van der Waals surface area contributed by atoms with Gasteiger partial charge in [-0.05, 0) is 85.4 Å². The van der Waals surface area contributed by atoms with Crippen LogP contribution in [0.1, 0.15) is 44.1 Å². The predicted molar refractivity (Wildman–Crippen MR) is 79.3 cm³/mol. The van der Waals surface area contributed by atoms with E-state index in [0.29, 0.717) is 10.8 Å².